The first-order valence-corrected chi connectivity index (χ1v) is 6.69. The number of nitrogens with two attached hydrogens (primary N) is 1. The quantitative estimate of drug-likeness (QED) is 0.677. The average molecular weight is 242 g/mol. The molecule has 0 spiro atoms. The van der Waals surface area contributed by atoms with E-state index in [1.54, 1.807) is 0 Å². The summed E-state index contributed by atoms with van der Waals surface area (Å²) in [4.78, 5) is 11.7. The fourth-order valence-electron chi connectivity index (χ4n) is 2.38. The molecule has 4 heteroatoms. The van der Waals surface area contributed by atoms with Crippen molar-refractivity contribution in [2.24, 2.45) is 11.7 Å². The second-order valence-electron chi connectivity index (χ2n) is 5.74. The highest BCUT2D eigenvalue weighted by atomic mass is 16.3. The van der Waals surface area contributed by atoms with Crippen molar-refractivity contribution in [3.63, 3.8) is 0 Å². The Morgan fingerprint density at radius 3 is 2.47 bits per heavy atom. The van der Waals surface area contributed by atoms with E-state index >= 15 is 0 Å². The van der Waals surface area contributed by atoms with Gasteiger partial charge in [0.25, 0.3) is 0 Å². The summed E-state index contributed by atoms with van der Waals surface area (Å²) in [7, 11) is 0. The molecule has 0 aliphatic heterocycles. The molecule has 0 heterocycles. The predicted molar refractivity (Wildman–Crippen MR) is 68.5 cm³/mol. The zero-order valence-electron chi connectivity index (χ0n) is 11.0. The van der Waals surface area contributed by atoms with Crippen LogP contribution in [0.15, 0.2) is 0 Å². The lowest BCUT2D eigenvalue weighted by Gasteiger charge is -2.32. The number of carbonyl (C=O) groups excluding carboxylic acids is 1. The number of hydrogen-bond donors (Lipinski definition) is 3. The SMILES string of the molecule is CC(C)C[C@H](N)C(=O)NCC1(O)CCCCC1. The maximum absolute atomic E-state index is 11.7. The minimum Gasteiger partial charge on any atom is -0.388 e. The van der Waals surface area contributed by atoms with Gasteiger partial charge in [0.1, 0.15) is 0 Å². The Bertz CT molecular complexity index is 248. The van der Waals surface area contributed by atoms with E-state index in [0.29, 0.717) is 18.9 Å². The van der Waals surface area contributed by atoms with E-state index in [1.165, 1.54) is 6.42 Å². The van der Waals surface area contributed by atoms with Crippen LogP contribution in [0.3, 0.4) is 0 Å². The molecule has 1 aliphatic carbocycles. The van der Waals surface area contributed by atoms with Gasteiger partial charge in [-0.2, -0.15) is 0 Å². The smallest absolute Gasteiger partial charge is 0.237 e. The Hall–Kier alpha value is -0.610. The summed E-state index contributed by atoms with van der Waals surface area (Å²) in [6.45, 7) is 4.43. The molecule has 0 aromatic rings. The van der Waals surface area contributed by atoms with E-state index in [1.807, 2.05) is 13.8 Å². The standard InChI is InChI=1S/C13H26N2O2/c1-10(2)8-11(14)12(16)15-9-13(17)6-4-3-5-7-13/h10-11,17H,3-9,14H2,1-2H3,(H,15,16)/t11-/m0/s1. The molecule has 1 fully saturated rings. The normalized spacial score (nSPS) is 21.2. The zero-order chi connectivity index (χ0) is 12.9. The van der Waals surface area contributed by atoms with Gasteiger partial charge >= 0.3 is 0 Å². The van der Waals surface area contributed by atoms with Crippen molar-refractivity contribution in [1.29, 1.82) is 0 Å². The lowest BCUT2D eigenvalue weighted by molar-refractivity contribution is -0.124. The number of rotatable bonds is 5. The maximum Gasteiger partial charge on any atom is 0.237 e. The van der Waals surface area contributed by atoms with Crippen molar-refractivity contribution in [2.75, 3.05) is 6.54 Å². The summed E-state index contributed by atoms with van der Waals surface area (Å²) >= 11 is 0. The molecule has 0 bridgehead atoms. The van der Waals surface area contributed by atoms with Gasteiger partial charge in [0.05, 0.1) is 11.6 Å². The minimum atomic E-state index is -0.703. The first-order valence-electron chi connectivity index (χ1n) is 6.69. The Morgan fingerprint density at radius 1 is 1.35 bits per heavy atom. The van der Waals surface area contributed by atoms with E-state index in [2.05, 4.69) is 5.32 Å². The molecule has 17 heavy (non-hydrogen) atoms. The Labute approximate surface area is 104 Å². The van der Waals surface area contributed by atoms with Crippen molar-refractivity contribution >= 4 is 5.91 Å². The molecule has 1 atom stereocenters. The Kier molecular flexibility index (Phi) is 5.40. The molecule has 1 amide bonds. The van der Waals surface area contributed by atoms with Gasteiger partial charge in [-0.1, -0.05) is 33.1 Å². The van der Waals surface area contributed by atoms with Gasteiger partial charge in [-0.25, -0.2) is 0 Å². The van der Waals surface area contributed by atoms with E-state index in [9.17, 15) is 9.90 Å². The molecule has 0 unspecified atom stereocenters. The maximum atomic E-state index is 11.7. The van der Waals surface area contributed by atoms with Crippen LogP contribution >= 0.6 is 0 Å². The number of amides is 1. The molecule has 0 aromatic carbocycles. The fourth-order valence-corrected chi connectivity index (χ4v) is 2.38. The Morgan fingerprint density at radius 2 is 1.94 bits per heavy atom. The Balaban J connectivity index is 2.31. The first-order chi connectivity index (χ1) is 7.93. The highest BCUT2D eigenvalue weighted by Crippen LogP contribution is 2.27. The van der Waals surface area contributed by atoms with E-state index in [-0.39, 0.29) is 5.91 Å². The van der Waals surface area contributed by atoms with Crippen molar-refractivity contribution in [3.05, 3.63) is 0 Å². The highest BCUT2D eigenvalue weighted by Gasteiger charge is 2.30. The lowest BCUT2D eigenvalue weighted by Crippen LogP contribution is -2.49. The van der Waals surface area contributed by atoms with Gasteiger partial charge in [-0.15, -0.1) is 0 Å². The zero-order valence-corrected chi connectivity index (χ0v) is 11.0. The third kappa shape index (κ3) is 5.04. The van der Waals surface area contributed by atoms with E-state index in [0.717, 1.165) is 25.7 Å². The topological polar surface area (TPSA) is 75.4 Å². The minimum absolute atomic E-state index is 0.141. The van der Waals surface area contributed by atoms with Crippen LogP contribution in [0.25, 0.3) is 0 Å². The summed E-state index contributed by atoms with van der Waals surface area (Å²) in [5, 5.41) is 13.0. The van der Waals surface area contributed by atoms with Crippen molar-refractivity contribution in [2.45, 2.75) is 64.0 Å². The van der Waals surface area contributed by atoms with Gasteiger partial charge < -0.3 is 16.2 Å². The van der Waals surface area contributed by atoms with Crippen LogP contribution < -0.4 is 11.1 Å². The predicted octanol–water partition coefficient (Wildman–Crippen LogP) is 1.17. The molecule has 1 rings (SSSR count). The number of aliphatic hydroxyl groups is 1. The molecular weight excluding hydrogens is 216 g/mol. The van der Waals surface area contributed by atoms with E-state index in [4.69, 9.17) is 5.73 Å². The first kappa shape index (κ1) is 14.5. The molecule has 100 valence electrons. The molecular formula is C13H26N2O2. The summed E-state index contributed by atoms with van der Waals surface area (Å²) in [5.41, 5.74) is 5.08. The van der Waals surface area contributed by atoms with Crippen LogP contribution in [-0.4, -0.2) is 29.2 Å². The summed E-state index contributed by atoms with van der Waals surface area (Å²) in [5.74, 6) is 0.270. The van der Waals surface area contributed by atoms with Crippen LogP contribution in [0.2, 0.25) is 0 Å². The van der Waals surface area contributed by atoms with Gasteiger partial charge in [-0.3, -0.25) is 4.79 Å². The highest BCUT2D eigenvalue weighted by molar-refractivity contribution is 5.81. The monoisotopic (exact) mass is 242 g/mol. The van der Waals surface area contributed by atoms with Gasteiger partial charge in [0, 0.05) is 6.54 Å². The third-order valence-electron chi connectivity index (χ3n) is 3.44. The molecule has 4 N–H and O–H groups in total. The number of nitrogens with one attached hydrogen (secondary N) is 1. The van der Waals surface area contributed by atoms with Crippen LogP contribution in [0.1, 0.15) is 52.4 Å². The third-order valence-corrected chi connectivity index (χ3v) is 3.44. The van der Waals surface area contributed by atoms with E-state index < -0.39 is 11.6 Å². The van der Waals surface area contributed by atoms with Gasteiger partial charge in [-0.05, 0) is 25.2 Å². The van der Waals surface area contributed by atoms with Crippen LogP contribution in [-0.2, 0) is 4.79 Å². The fraction of sp³-hybridized carbons (Fsp3) is 0.923. The number of hydrogen-bond acceptors (Lipinski definition) is 3. The second kappa shape index (κ2) is 6.36. The molecule has 0 radical (unpaired) electrons. The summed E-state index contributed by atoms with van der Waals surface area (Å²) < 4.78 is 0. The van der Waals surface area contributed by atoms with Crippen molar-refractivity contribution in [3.8, 4) is 0 Å². The largest absolute Gasteiger partial charge is 0.388 e. The molecule has 0 saturated heterocycles. The second-order valence-corrected chi connectivity index (χ2v) is 5.74. The molecule has 0 aromatic heterocycles. The number of carbonyl (C=O) groups is 1. The molecule has 1 saturated carbocycles. The molecule has 1 aliphatic rings. The summed E-state index contributed by atoms with van der Waals surface area (Å²) in [6, 6.07) is -0.456. The van der Waals surface area contributed by atoms with Crippen molar-refractivity contribution in [1.82, 2.24) is 5.32 Å². The van der Waals surface area contributed by atoms with Crippen LogP contribution in [0, 0.1) is 5.92 Å². The molecule has 4 nitrogen and oxygen atoms in total. The van der Waals surface area contributed by atoms with Crippen LogP contribution in [0.5, 0.6) is 0 Å². The average Bonchev–Trinajstić information content (AvgIpc) is 2.26. The summed E-state index contributed by atoms with van der Waals surface area (Å²) in [6.07, 6.45) is 5.53. The lowest BCUT2D eigenvalue weighted by atomic mass is 9.85. The van der Waals surface area contributed by atoms with Gasteiger partial charge in [0.15, 0.2) is 0 Å². The van der Waals surface area contributed by atoms with Crippen molar-refractivity contribution < 1.29 is 9.90 Å². The van der Waals surface area contributed by atoms with Gasteiger partial charge in [0.2, 0.25) is 5.91 Å². The van der Waals surface area contributed by atoms with Crippen LogP contribution in [0.4, 0.5) is 0 Å².